The zero-order chi connectivity index (χ0) is 7.78. The molecule has 0 amide bonds. The van der Waals surface area contributed by atoms with Gasteiger partial charge in [-0.25, -0.2) is 8.42 Å². The highest BCUT2D eigenvalue weighted by molar-refractivity contribution is 9.11. The molecule has 0 unspecified atom stereocenters. The molecule has 1 aliphatic rings. The zero-order valence-corrected chi connectivity index (χ0v) is 7.78. The van der Waals surface area contributed by atoms with Crippen LogP contribution in [0.2, 0.25) is 0 Å². The fraction of sp³-hybridized carbons (Fsp3) is 0.600. The molecule has 0 atom stereocenters. The van der Waals surface area contributed by atoms with Crippen LogP contribution in [0, 0.1) is 0 Å². The van der Waals surface area contributed by atoms with Gasteiger partial charge in [-0.05, 0) is 0 Å². The fourth-order valence-corrected chi connectivity index (χ4v) is 2.30. The number of hydrogen-bond acceptors (Lipinski definition) is 2. The average molecular weight is 226 g/mol. The topological polar surface area (TPSA) is 37.4 Å². The molecule has 0 aromatic carbocycles. The molecule has 10 heavy (non-hydrogen) atoms. The molecule has 0 N–H and O–H groups in total. The lowest BCUT2D eigenvalue weighted by Crippen LogP contribution is -2.47. The highest BCUT2D eigenvalue weighted by Crippen LogP contribution is 2.16. The molecule has 0 aromatic heterocycles. The minimum atomic E-state index is -2.87. The van der Waals surface area contributed by atoms with Crippen LogP contribution in [0.25, 0.3) is 0 Å². The van der Waals surface area contributed by atoms with Gasteiger partial charge in [-0.2, -0.15) is 4.31 Å². The van der Waals surface area contributed by atoms with E-state index in [0.717, 1.165) is 0 Å². The first kappa shape index (κ1) is 8.23. The van der Waals surface area contributed by atoms with Crippen molar-refractivity contribution in [3.05, 3.63) is 11.1 Å². The number of hydrogen-bond donors (Lipinski definition) is 0. The van der Waals surface area contributed by atoms with Crippen molar-refractivity contribution in [3.63, 3.8) is 0 Å². The van der Waals surface area contributed by atoms with Crippen LogP contribution in [-0.4, -0.2) is 31.6 Å². The van der Waals surface area contributed by atoms with E-state index in [4.69, 9.17) is 0 Å². The second-order valence-electron chi connectivity index (χ2n) is 2.17. The Morgan fingerprint density at radius 1 is 1.70 bits per heavy atom. The van der Waals surface area contributed by atoms with Crippen molar-refractivity contribution in [3.8, 4) is 0 Å². The van der Waals surface area contributed by atoms with Gasteiger partial charge in [0, 0.05) is 17.6 Å². The summed E-state index contributed by atoms with van der Waals surface area (Å²) in [6, 6.07) is 0. The van der Waals surface area contributed by atoms with Crippen LogP contribution in [0.15, 0.2) is 11.1 Å². The molecule has 0 aliphatic carbocycles. The maximum absolute atomic E-state index is 10.8. The van der Waals surface area contributed by atoms with E-state index in [0.29, 0.717) is 17.6 Å². The van der Waals surface area contributed by atoms with E-state index in [1.165, 1.54) is 4.31 Å². The van der Waals surface area contributed by atoms with Crippen molar-refractivity contribution in [1.29, 1.82) is 0 Å². The third-order valence-corrected chi connectivity index (χ3v) is 3.39. The van der Waals surface area contributed by atoms with Gasteiger partial charge >= 0.3 is 0 Å². The molecule has 58 valence electrons. The predicted molar refractivity (Wildman–Crippen MR) is 43.4 cm³/mol. The lowest BCUT2D eigenvalue weighted by molar-refractivity contribution is 0.412. The Bertz CT molecular complexity index is 246. The first-order valence-electron chi connectivity index (χ1n) is 2.83. The number of nitrogens with zero attached hydrogens (tertiary/aromatic N) is 1. The molecule has 1 rings (SSSR count). The summed E-state index contributed by atoms with van der Waals surface area (Å²) in [5.41, 5.74) is 0. The molecule has 3 nitrogen and oxygen atoms in total. The minimum absolute atomic E-state index is 0.285. The van der Waals surface area contributed by atoms with E-state index in [2.05, 4.69) is 22.5 Å². The molecule has 0 spiro atoms. The third kappa shape index (κ3) is 1.59. The highest BCUT2D eigenvalue weighted by atomic mass is 79.9. The van der Waals surface area contributed by atoms with Gasteiger partial charge in [0.25, 0.3) is 0 Å². The maximum atomic E-state index is 10.8. The van der Waals surface area contributed by atoms with Crippen molar-refractivity contribution >= 4 is 26.0 Å². The van der Waals surface area contributed by atoms with Crippen LogP contribution in [0.3, 0.4) is 0 Å². The van der Waals surface area contributed by atoms with Gasteiger partial charge in [0.15, 0.2) is 0 Å². The van der Waals surface area contributed by atoms with Crippen LogP contribution in [-0.2, 0) is 10.0 Å². The second kappa shape index (κ2) is 2.64. The Labute approximate surface area is 68.9 Å². The van der Waals surface area contributed by atoms with Gasteiger partial charge < -0.3 is 0 Å². The largest absolute Gasteiger partial charge is 0.215 e. The molecular weight excluding hydrogens is 218 g/mol. The minimum Gasteiger partial charge on any atom is -0.212 e. The lowest BCUT2D eigenvalue weighted by atomic mass is 10.6. The molecule has 0 bridgehead atoms. The van der Waals surface area contributed by atoms with E-state index in [-0.39, 0.29) is 5.75 Å². The molecular formula is C5H8BrNO2S. The molecule has 1 saturated heterocycles. The van der Waals surface area contributed by atoms with Crippen LogP contribution in [0.4, 0.5) is 0 Å². The van der Waals surface area contributed by atoms with E-state index < -0.39 is 10.0 Å². The first-order valence-corrected chi connectivity index (χ1v) is 5.24. The fourth-order valence-electron chi connectivity index (χ4n) is 0.738. The van der Waals surface area contributed by atoms with Gasteiger partial charge in [0.1, 0.15) is 0 Å². The van der Waals surface area contributed by atoms with E-state index >= 15 is 0 Å². The van der Waals surface area contributed by atoms with E-state index in [1.807, 2.05) is 0 Å². The van der Waals surface area contributed by atoms with Gasteiger partial charge in [0.2, 0.25) is 10.0 Å². The predicted octanol–water partition coefficient (Wildman–Crippen LogP) is 0.540. The molecule has 0 saturated carbocycles. The molecule has 0 radical (unpaired) electrons. The Balaban J connectivity index is 2.54. The van der Waals surface area contributed by atoms with Crippen molar-refractivity contribution in [1.82, 2.24) is 4.31 Å². The summed E-state index contributed by atoms with van der Waals surface area (Å²) < 4.78 is 23.7. The highest BCUT2D eigenvalue weighted by Gasteiger charge is 2.31. The summed E-state index contributed by atoms with van der Waals surface area (Å²) >= 11 is 3.10. The summed E-state index contributed by atoms with van der Waals surface area (Å²) in [4.78, 5) is 0. The summed E-state index contributed by atoms with van der Waals surface area (Å²) in [5.74, 6) is 0.285. The lowest BCUT2D eigenvalue weighted by Gasteiger charge is -2.29. The van der Waals surface area contributed by atoms with Crippen LogP contribution < -0.4 is 0 Å². The van der Waals surface area contributed by atoms with Gasteiger partial charge in [-0.1, -0.05) is 22.5 Å². The van der Waals surface area contributed by atoms with E-state index in [1.54, 1.807) is 0 Å². The quantitative estimate of drug-likeness (QED) is 0.689. The standard InChI is InChI=1S/C5H8BrNO2S/c1-5(6)4-7-2-3-10(7,8)9/h1-4H2. The van der Waals surface area contributed by atoms with Crippen LogP contribution >= 0.6 is 15.9 Å². The normalized spacial score (nSPS) is 23.7. The Morgan fingerprint density at radius 2 is 2.30 bits per heavy atom. The molecule has 5 heteroatoms. The second-order valence-corrected chi connectivity index (χ2v) is 5.38. The van der Waals surface area contributed by atoms with Gasteiger partial charge in [-0.15, -0.1) is 0 Å². The molecule has 1 aliphatic heterocycles. The molecule has 0 aromatic rings. The number of halogens is 1. The average Bonchev–Trinajstić information content (AvgIpc) is 1.81. The summed E-state index contributed by atoms with van der Waals surface area (Å²) in [6.45, 7) is 4.59. The summed E-state index contributed by atoms with van der Waals surface area (Å²) in [6.07, 6.45) is 0. The Kier molecular flexibility index (Phi) is 2.17. The SMILES string of the molecule is C=C(Br)CN1CCS1(=O)=O. The number of rotatable bonds is 2. The molecule has 1 fully saturated rings. The van der Waals surface area contributed by atoms with Crippen molar-refractivity contribution in [2.75, 3.05) is 18.8 Å². The molecule has 1 heterocycles. The number of sulfonamides is 1. The van der Waals surface area contributed by atoms with E-state index in [9.17, 15) is 8.42 Å². The Hall–Kier alpha value is 0.130. The van der Waals surface area contributed by atoms with Gasteiger partial charge in [0.05, 0.1) is 5.75 Å². The monoisotopic (exact) mass is 225 g/mol. The first-order chi connectivity index (χ1) is 4.52. The maximum Gasteiger partial charge on any atom is 0.215 e. The van der Waals surface area contributed by atoms with Crippen molar-refractivity contribution in [2.45, 2.75) is 0 Å². The van der Waals surface area contributed by atoms with Crippen LogP contribution in [0.5, 0.6) is 0 Å². The third-order valence-electron chi connectivity index (χ3n) is 1.34. The van der Waals surface area contributed by atoms with Gasteiger partial charge in [-0.3, -0.25) is 0 Å². The van der Waals surface area contributed by atoms with Crippen molar-refractivity contribution < 1.29 is 8.42 Å². The van der Waals surface area contributed by atoms with Crippen LogP contribution in [0.1, 0.15) is 0 Å². The smallest absolute Gasteiger partial charge is 0.212 e. The summed E-state index contributed by atoms with van der Waals surface area (Å²) in [5, 5.41) is 0. The van der Waals surface area contributed by atoms with Crippen molar-refractivity contribution in [2.24, 2.45) is 0 Å². The zero-order valence-electron chi connectivity index (χ0n) is 5.38. The summed E-state index contributed by atoms with van der Waals surface area (Å²) in [7, 11) is -2.87. The Morgan fingerprint density at radius 3 is 2.40 bits per heavy atom.